The van der Waals surface area contributed by atoms with Gasteiger partial charge >= 0.3 is 0 Å². The van der Waals surface area contributed by atoms with E-state index in [1.54, 1.807) is 0 Å². The second-order valence-electron chi connectivity index (χ2n) is 5.66. The first-order valence-corrected chi connectivity index (χ1v) is 7.72. The number of nitrogens with one attached hydrogen (secondary N) is 1. The molecule has 1 heteroatoms. The van der Waals surface area contributed by atoms with Crippen molar-refractivity contribution in [3.8, 4) is 0 Å². The first-order chi connectivity index (χ1) is 10.8. The molecular weight excluding hydrogens is 266 g/mol. The fourth-order valence-electron chi connectivity index (χ4n) is 2.57. The molecule has 3 aromatic carbocycles. The number of anilines is 1. The standard InChI is InChI=1S/C21H21N/c1-17-11-13-18(14-12-17)15-20-9-5-6-10-21(20)22-16-19-7-3-2-4-8-19/h2-14,22H,15-16H2,1H3. The molecule has 0 aliphatic carbocycles. The Bertz CT molecular complexity index is 714. The van der Waals surface area contributed by atoms with E-state index in [1.165, 1.54) is 27.9 Å². The Kier molecular flexibility index (Phi) is 4.55. The van der Waals surface area contributed by atoms with Crippen molar-refractivity contribution in [1.29, 1.82) is 0 Å². The number of benzene rings is 3. The van der Waals surface area contributed by atoms with Gasteiger partial charge in [-0.2, -0.15) is 0 Å². The minimum Gasteiger partial charge on any atom is -0.381 e. The third-order valence-electron chi connectivity index (χ3n) is 3.86. The van der Waals surface area contributed by atoms with E-state index in [1.807, 2.05) is 0 Å². The van der Waals surface area contributed by atoms with E-state index in [4.69, 9.17) is 0 Å². The van der Waals surface area contributed by atoms with E-state index < -0.39 is 0 Å². The van der Waals surface area contributed by atoms with Gasteiger partial charge in [-0.25, -0.2) is 0 Å². The predicted octanol–water partition coefficient (Wildman–Crippen LogP) is 5.20. The third-order valence-corrected chi connectivity index (χ3v) is 3.86. The molecule has 0 radical (unpaired) electrons. The molecule has 1 nitrogen and oxygen atoms in total. The Morgan fingerprint density at radius 1 is 0.682 bits per heavy atom. The SMILES string of the molecule is Cc1ccc(Cc2ccccc2NCc2ccccc2)cc1. The summed E-state index contributed by atoms with van der Waals surface area (Å²) >= 11 is 0. The lowest BCUT2D eigenvalue weighted by Crippen LogP contribution is -2.02. The number of para-hydroxylation sites is 1. The molecule has 0 unspecified atom stereocenters. The van der Waals surface area contributed by atoms with Crippen molar-refractivity contribution in [3.63, 3.8) is 0 Å². The van der Waals surface area contributed by atoms with Crippen LogP contribution in [0.25, 0.3) is 0 Å². The molecule has 0 spiro atoms. The normalized spacial score (nSPS) is 10.4. The molecule has 0 fully saturated rings. The Morgan fingerprint density at radius 2 is 1.36 bits per heavy atom. The van der Waals surface area contributed by atoms with Crippen molar-refractivity contribution in [2.45, 2.75) is 19.9 Å². The van der Waals surface area contributed by atoms with Gasteiger partial charge in [-0.05, 0) is 36.1 Å². The van der Waals surface area contributed by atoms with Gasteiger partial charge in [0.05, 0.1) is 0 Å². The van der Waals surface area contributed by atoms with Gasteiger partial charge in [-0.3, -0.25) is 0 Å². The predicted molar refractivity (Wildman–Crippen MR) is 94.2 cm³/mol. The van der Waals surface area contributed by atoms with Gasteiger partial charge in [0.1, 0.15) is 0 Å². The summed E-state index contributed by atoms with van der Waals surface area (Å²) in [5.41, 5.74) is 6.50. The van der Waals surface area contributed by atoms with Crippen LogP contribution in [0.2, 0.25) is 0 Å². The molecule has 3 aromatic rings. The van der Waals surface area contributed by atoms with Crippen molar-refractivity contribution in [2.75, 3.05) is 5.32 Å². The lowest BCUT2D eigenvalue weighted by Gasteiger charge is -2.12. The summed E-state index contributed by atoms with van der Waals surface area (Å²) in [7, 11) is 0. The average Bonchev–Trinajstić information content (AvgIpc) is 2.57. The maximum atomic E-state index is 3.56. The van der Waals surface area contributed by atoms with Gasteiger partial charge in [-0.15, -0.1) is 0 Å². The van der Waals surface area contributed by atoms with Crippen molar-refractivity contribution < 1.29 is 0 Å². The van der Waals surface area contributed by atoms with Crippen LogP contribution in [0.5, 0.6) is 0 Å². The number of hydrogen-bond acceptors (Lipinski definition) is 1. The van der Waals surface area contributed by atoms with E-state index in [0.29, 0.717) is 0 Å². The van der Waals surface area contributed by atoms with Crippen LogP contribution in [0, 0.1) is 6.92 Å². The van der Waals surface area contributed by atoms with Crippen LogP contribution < -0.4 is 5.32 Å². The van der Waals surface area contributed by atoms with Gasteiger partial charge in [0, 0.05) is 12.2 Å². The lowest BCUT2D eigenvalue weighted by atomic mass is 10.0. The first kappa shape index (κ1) is 14.4. The molecular formula is C21H21N. The quantitative estimate of drug-likeness (QED) is 0.680. The molecule has 0 bridgehead atoms. The topological polar surface area (TPSA) is 12.0 Å². The number of rotatable bonds is 5. The fraction of sp³-hybridized carbons (Fsp3) is 0.143. The second-order valence-corrected chi connectivity index (χ2v) is 5.66. The Balaban J connectivity index is 1.73. The molecule has 3 rings (SSSR count). The number of hydrogen-bond donors (Lipinski definition) is 1. The molecule has 22 heavy (non-hydrogen) atoms. The van der Waals surface area contributed by atoms with Gasteiger partial charge in [-0.1, -0.05) is 78.4 Å². The van der Waals surface area contributed by atoms with Gasteiger partial charge in [0.25, 0.3) is 0 Å². The summed E-state index contributed by atoms with van der Waals surface area (Å²) in [5, 5.41) is 3.56. The van der Waals surface area contributed by atoms with Crippen LogP contribution in [0.3, 0.4) is 0 Å². The fourth-order valence-corrected chi connectivity index (χ4v) is 2.57. The zero-order valence-corrected chi connectivity index (χ0v) is 12.9. The van der Waals surface area contributed by atoms with Crippen molar-refractivity contribution >= 4 is 5.69 Å². The highest BCUT2D eigenvalue weighted by Gasteiger charge is 2.03. The molecule has 0 amide bonds. The monoisotopic (exact) mass is 287 g/mol. The maximum absolute atomic E-state index is 3.56. The molecule has 0 aliphatic heterocycles. The van der Waals surface area contributed by atoms with E-state index >= 15 is 0 Å². The molecule has 0 aliphatic rings. The largest absolute Gasteiger partial charge is 0.381 e. The summed E-state index contributed by atoms with van der Waals surface area (Å²) in [4.78, 5) is 0. The van der Waals surface area contributed by atoms with Crippen LogP contribution >= 0.6 is 0 Å². The highest BCUT2D eigenvalue weighted by molar-refractivity contribution is 5.53. The summed E-state index contributed by atoms with van der Waals surface area (Å²) in [5.74, 6) is 0. The summed E-state index contributed by atoms with van der Waals surface area (Å²) in [6.45, 7) is 2.98. The van der Waals surface area contributed by atoms with Crippen LogP contribution in [0.1, 0.15) is 22.3 Å². The Labute approximate surface area is 132 Å². The van der Waals surface area contributed by atoms with Crippen molar-refractivity contribution in [1.82, 2.24) is 0 Å². The van der Waals surface area contributed by atoms with E-state index in [9.17, 15) is 0 Å². The molecule has 0 aromatic heterocycles. The average molecular weight is 287 g/mol. The minimum atomic E-state index is 0.853. The zero-order chi connectivity index (χ0) is 15.2. The molecule has 1 N–H and O–H groups in total. The van der Waals surface area contributed by atoms with Crippen LogP contribution in [0.15, 0.2) is 78.9 Å². The molecule has 0 atom stereocenters. The smallest absolute Gasteiger partial charge is 0.0400 e. The highest BCUT2D eigenvalue weighted by Crippen LogP contribution is 2.20. The molecule has 0 saturated heterocycles. The summed E-state index contributed by atoms with van der Waals surface area (Å²) in [6.07, 6.45) is 0.957. The van der Waals surface area contributed by atoms with Crippen molar-refractivity contribution in [3.05, 3.63) is 101 Å². The van der Waals surface area contributed by atoms with Crippen molar-refractivity contribution in [2.24, 2.45) is 0 Å². The highest BCUT2D eigenvalue weighted by atomic mass is 14.9. The maximum Gasteiger partial charge on any atom is 0.0400 e. The van der Waals surface area contributed by atoms with Gasteiger partial charge < -0.3 is 5.32 Å². The third kappa shape index (κ3) is 3.76. The minimum absolute atomic E-state index is 0.853. The molecule has 0 heterocycles. The van der Waals surface area contributed by atoms with Gasteiger partial charge in [0.15, 0.2) is 0 Å². The first-order valence-electron chi connectivity index (χ1n) is 7.72. The summed E-state index contributed by atoms with van der Waals surface area (Å²) < 4.78 is 0. The van der Waals surface area contributed by atoms with Crippen LogP contribution in [0.4, 0.5) is 5.69 Å². The van der Waals surface area contributed by atoms with Crippen LogP contribution in [-0.2, 0) is 13.0 Å². The van der Waals surface area contributed by atoms with E-state index in [0.717, 1.165) is 13.0 Å². The Morgan fingerprint density at radius 3 is 2.14 bits per heavy atom. The molecule has 110 valence electrons. The second kappa shape index (κ2) is 6.95. The molecule has 0 saturated carbocycles. The number of aryl methyl sites for hydroxylation is 1. The van der Waals surface area contributed by atoms with E-state index in [2.05, 4.69) is 91.1 Å². The van der Waals surface area contributed by atoms with Crippen LogP contribution in [-0.4, -0.2) is 0 Å². The van der Waals surface area contributed by atoms with Gasteiger partial charge in [0.2, 0.25) is 0 Å². The van der Waals surface area contributed by atoms with E-state index in [-0.39, 0.29) is 0 Å². The summed E-state index contributed by atoms with van der Waals surface area (Å²) in [6, 6.07) is 27.8. The lowest BCUT2D eigenvalue weighted by molar-refractivity contribution is 1.11. The Hall–Kier alpha value is -2.54. The zero-order valence-electron chi connectivity index (χ0n) is 12.9.